The first-order valence-corrected chi connectivity index (χ1v) is 24.2. The maximum atomic E-state index is 17.4. The van der Waals surface area contributed by atoms with E-state index in [1.165, 1.54) is 0 Å². The third-order valence-corrected chi connectivity index (χ3v) is 33.4. The summed E-state index contributed by atoms with van der Waals surface area (Å²) in [4.78, 5) is 0. The van der Waals surface area contributed by atoms with E-state index in [1.807, 2.05) is 0 Å². The topological polar surface area (TPSA) is 0 Å². The molecule has 0 saturated heterocycles. The van der Waals surface area contributed by atoms with E-state index in [-0.39, 0.29) is 25.7 Å². The van der Waals surface area contributed by atoms with Gasteiger partial charge in [-0.15, -0.1) is 0 Å². The summed E-state index contributed by atoms with van der Waals surface area (Å²) < 4.78 is 327. The molecule has 0 spiro atoms. The molecule has 5 fully saturated rings. The molecule has 22 heteroatoms. The third kappa shape index (κ3) is 5.61. The summed E-state index contributed by atoms with van der Waals surface area (Å²) in [6.07, 6.45) is -5.39. The van der Waals surface area contributed by atoms with E-state index >= 15 is 87.8 Å². The van der Waals surface area contributed by atoms with Gasteiger partial charge < -0.3 is 0 Å². The fourth-order valence-corrected chi connectivity index (χ4v) is 37.9. The van der Waals surface area contributed by atoms with Gasteiger partial charge in [0.1, 0.15) is 0 Å². The molecule has 4 aromatic rings. The molecule has 5 aliphatic rings. The van der Waals surface area contributed by atoms with Crippen LogP contribution in [-0.4, -0.2) is 10.8 Å². The van der Waals surface area contributed by atoms with Crippen LogP contribution in [0.2, 0.25) is 0 Å². The second-order valence-corrected chi connectivity index (χ2v) is 28.5. The quantitative estimate of drug-likeness (QED) is 0.0750. The summed E-state index contributed by atoms with van der Waals surface area (Å²) in [5.41, 5.74) is -2.54. The predicted octanol–water partition coefficient (Wildman–Crippen LogP) is 11.8. The zero-order valence-electron chi connectivity index (χ0n) is 31.1. The molecule has 62 heavy (non-hydrogen) atoms. The van der Waals surface area contributed by atoms with Crippen LogP contribution in [0.25, 0.3) is 0 Å². The first-order valence-electron chi connectivity index (χ1n) is 19.1. The summed E-state index contributed by atoms with van der Waals surface area (Å²) in [5, 5.41) is -13.6. The van der Waals surface area contributed by atoms with Crippen molar-refractivity contribution >= 4 is 35.1 Å². The number of hydrogen-bond donors (Lipinski definition) is 0. The Kier molecular flexibility index (Phi) is 11.0. The molecule has 0 unspecified atom stereocenters. The predicted molar refractivity (Wildman–Crippen MR) is 188 cm³/mol. The summed E-state index contributed by atoms with van der Waals surface area (Å²) >= 11 is 0. The minimum absolute atomic E-state index is 0.0356. The van der Waals surface area contributed by atoms with Crippen LogP contribution in [0.1, 0.15) is 70.6 Å². The summed E-state index contributed by atoms with van der Waals surface area (Å²) in [7, 11) is 0. The Morgan fingerprint density at radius 2 is 0.516 bits per heavy atom. The van der Waals surface area contributed by atoms with Gasteiger partial charge in [0, 0.05) is 0 Å². The third-order valence-electron chi connectivity index (χ3n) is 14.0. The van der Waals surface area contributed by atoms with Crippen LogP contribution < -0.4 is 21.2 Å². The summed E-state index contributed by atoms with van der Waals surface area (Å²) in [5.74, 6) is -65.8. The molecule has 0 atom stereocenters. The number of rotatable bonds is 7. The molecule has 0 nitrogen and oxygen atoms in total. The van der Waals surface area contributed by atoms with Crippen molar-refractivity contribution in [3.05, 3.63) is 116 Å². The molecule has 0 amide bonds. The van der Waals surface area contributed by atoms with Crippen LogP contribution in [0.5, 0.6) is 0 Å². The van der Waals surface area contributed by atoms with Crippen LogP contribution >= 0.6 is 13.9 Å². The van der Waals surface area contributed by atoms with Crippen LogP contribution in [0.4, 0.5) is 87.8 Å². The number of hydrogen-bond acceptors (Lipinski definition) is 0. The zero-order chi connectivity index (χ0) is 45.4. The standard InChI is InChI=1S/C40H28F20P2/c41-16-20(45)28(53)36(29(54)21(16)46)61(15-4-2-1-3-5-15,37-30(55)22(47)17(42)23(48)31(37)56)62(38-32(57)24(49)18(43)25(50)33(38)58,39-34(59)26(51)19(44)27(52)35(39)60)40-9-12-6-13(10-40)8-14(7-12)11-40/h12-15,61-62H,1-11H2. The van der Waals surface area contributed by atoms with Crippen molar-refractivity contribution in [3.63, 3.8) is 0 Å². The molecule has 4 bridgehead atoms. The van der Waals surface area contributed by atoms with Gasteiger partial charge in [-0.1, -0.05) is 0 Å². The van der Waals surface area contributed by atoms with E-state index in [1.54, 1.807) is 0 Å². The Morgan fingerprint density at radius 3 is 0.774 bits per heavy atom. The van der Waals surface area contributed by atoms with E-state index in [2.05, 4.69) is 0 Å². The van der Waals surface area contributed by atoms with Gasteiger partial charge in [0.05, 0.1) is 0 Å². The van der Waals surface area contributed by atoms with Crippen molar-refractivity contribution in [1.82, 2.24) is 0 Å². The van der Waals surface area contributed by atoms with Crippen molar-refractivity contribution in [2.75, 3.05) is 0 Å². The van der Waals surface area contributed by atoms with Gasteiger partial charge in [-0.25, -0.2) is 0 Å². The van der Waals surface area contributed by atoms with Crippen molar-refractivity contribution in [3.8, 4) is 0 Å². The van der Waals surface area contributed by atoms with Gasteiger partial charge in [0.15, 0.2) is 0 Å². The average Bonchev–Trinajstić information content (AvgIpc) is 3.24. The molecule has 4 aromatic carbocycles. The normalized spacial score (nSPS) is 23.5. The minimum atomic E-state index is -7.78. The molecule has 9 rings (SSSR count). The van der Waals surface area contributed by atoms with E-state index in [0.717, 1.165) is 0 Å². The van der Waals surface area contributed by atoms with Gasteiger partial charge in [-0.2, -0.15) is 0 Å². The van der Waals surface area contributed by atoms with Crippen molar-refractivity contribution in [2.45, 2.75) is 81.4 Å². The van der Waals surface area contributed by atoms with E-state index in [9.17, 15) is 0 Å². The first-order chi connectivity index (χ1) is 29.0. The fourth-order valence-electron chi connectivity index (χ4n) is 12.6. The Labute approximate surface area is 338 Å². The maximum absolute atomic E-state index is 17.4. The number of halogens is 20. The van der Waals surface area contributed by atoms with Crippen LogP contribution in [0.15, 0.2) is 0 Å². The van der Waals surface area contributed by atoms with Crippen molar-refractivity contribution < 1.29 is 87.8 Å². The van der Waals surface area contributed by atoms with Crippen molar-refractivity contribution in [1.29, 1.82) is 0 Å². The zero-order valence-corrected chi connectivity index (χ0v) is 33.1. The Morgan fingerprint density at radius 1 is 0.290 bits per heavy atom. The molecular formula is C40H28F20P2. The Bertz CT molecular complexity index is 2300. The number of benzene rings is 4. The second-order valence-electron chi connectivity index (χ2n) is 16.9. The summed E-state index contributed by atoms with van der Waals surface area (Å²) in [6.45, 7) is -15.5. The SMILES string of the molecule is Fc1c(F)c(F)c([PH](c2c(F)c(F)c(F)c(F)c2F)(C2CCCCC2)[PH](c2c(F)c(F)c(F)c(F)c2F)(c2c(F)c(F)c(F)c(F)c2F)C23CC4CC(CC(C4)C2)C3)c(F)c1F. The summed E-state index contributed by atoms with van der Waals surface area (Å²) in [6, 6.07) is 0. The molecule has 5 saturated carbocycles. The molecule has 0 aromatic heterocycles. The van der Waals surface area contributed by atoms with Gasteiger partial charge in [-0.05, 0) is 0 Å². The van der Waals surface area contributed by atoms with Gasteiger partial charge >= 0.3 is 338 Å². The molecule has 0 aliphatic heterocycles. The van der Waals surface area contributed by atoms with Crippen molar-refractivity contribution in [2.24, 2.45) is 17.8 Å². The molecule has 338 valence electrons. The average molecular weight is 951 g/mol. The van der Waals surface area contributed by atoms with Crippen LogP contribution in [0, 0.1) is 134 Å². The fraction of sp³-hybridized carbons (Fsp3) is 0.400. The Balaban J connectivity index is 1.87. The molecular weight excluding hydrogens is 922 g/mol. The van der Waals surface area contributed by atoms with Gasteiger partial charge in [0.25, 0.3) is 0 Å². The van der Waals surface area contributed by atoms with Gasteiger partial charge in [0.2, 0.25) is 0 Å². The monoisotopic (exact) mass is 950 g/mol. The Hall–Kier alpha value is -3.66. The molecule has 0 N–H and O–H groups in total. The van der Waals surface area contributed by atoms with Crippen LogP contribution in [0.3, 0.4) is 0 Å². The van der Waals surface area contributed by atoms with Crippen LogP contribution in [-0.2, 0) is 0 Å². The first kappa shape index (κ1) is 44.9. The van der Waals surface area contributed by atoms with E-state index in [0.29, 0.717) is 0 Å². The molecule has 0 heterocycles. The second kappa shape index (κ2) is 15.2. The van der Waals surface area contributed by atoms with Gasteiger partial charge in [-0.3, -0.25) is 0 Å². The van der Waals surface area contributed by atoms with E-state index in [4.69, 9.17) is 0 Å². The molecule has 0 radical (unpaired) electrons. The molecule has 5 aliphatic carbocycles. The van der Waals surface area contributed by atoms with E-state index < -0.39 is 225 Å².